The van der Waals surface area contributed by atoms with Gasteiger partial charge in [-0.15, -0.1) is 11.3 Å². The summed E-state index contributed by atoms with van der Waals surface area (Å²) in [6.45, 7) is 8.19. The minimum atomic E-state index is -0.430. The van der Waals surface area contributed by atoms with Crippen molar-refractivity contribution in [3.05, 3.63) is 58.0 Å². The number of nitrogens with zero attached hydrogens (tertiary/aromatic N) is 3. The maximum Gasteiger partial charge on any atom is 0.152 e. The van der Waals surface area contributed by atoms with Crippen LogP contribution in [0, 0.1) is 17.7 Å². The molecule has 3 heterocycles. The number of nitrogens with one attached hydrogen (secondary N) is 1. The molecule has 1 aromatic carbocycles. The van der Waals surface area contributed by atoms with Crippen LogP contribution in [-0.2, 0) is 22.4 Å². The SMILES string of the molecule is CC(=O)/C=C/CN1CC(=O)C2CCC2C1.CCCc1c(CC)sc2ncnc(Nc3ccc(F)c(Cl)c3)c12. The Morgan fingerprint density at radius 2 is 2.11 bits per heavy atom. The fourth-order valence-corrected chi connectivity index (χ4v) is 6.40. The Kier molecular flexibility index (Phi) is 9.63. The first-order valence-electron chi connectivity index (χ1n) is 13.2. The second-order valence-electron chi connectivity index (χ2n) is 9.88. The highest BCUT2D eigenvalue weighted by Crippen LogP contribution is 2.38. The molecular formula is C29H34ClFN4O2S. The van der Waals surface area contributed by atoms with Crippen molar-refractivity contribution in [3.63, 3.8) is 0 Å². The Bertz CT molecular complexity index is 1340. The highest BCUT2D eigenvalue weighted by molar-refractivity contribution is 7.18. The van der Waals surface area contributed by atoms with Crippen LogP contribution in [-0.4, -0.2) is 46.1 Å². The van der Waals surface area contributed by atoms with Crippen LogP contribution >= 0.6 is 22.9 Å². The number of carbonyl (C=O) groups is 2. The van der Waals surface area contributed by atoms with E-state index in [4.69, 9.17) is 11.6 Å². The molecule has 0 bridgehead atoms. The quantitative estimate of drug-likeness (QED) is 0.308. The number of aryl methyl sites for hydroxylation is 2. The van der Waals surface area contributed by atoms with Gasteiger partial charge in [0.25, 0.3) is 0 Å². The number of aromatic nitrogens is 2. The molecule has 2 aliphatic rings. The molecule has 1 saturated heterocycles. The summed E-state index contributed by atoms with van der Waals surface area (Å²) in [5.41, 5.74) is 2.02. The van der Waals surface area contributed by atoms with Crippen LogP contribution in [0.2, 0.25) is 5.02 Å². The van der Waals surface area contributed by atoms with E-state index in [1.807, 2.05) is 6.08 Å². The van der Waals surface area contributed by atoms with E-state index in [1.165, 1.54) is 22.9 Å². The minimum Gasteiger partial charge on any atom is -0.340 e. The molecule has 2 unspecified atom stereocenters. The van der Waals surface area contributed by atoms with Gasteiger partial charge in [0.2, 0.25) is 0 Å². The first-order valence-corrected chi connectivity index (χ1v) is 14.4. The van der Waals surface area contributed by atoms with Gasteiger partial charge in [0.15, 0.2) is 5.78 Å². The van der Waals surface area contributed by atoms with E-state index in [9.17, 15) is 14.0 Å². The number of Topliss-reactive ketones (excluding diaryl/α,β-unsaturated/α-hetero) is 1. The second kappa shape index (κ2) is 12.9. The Morgan fingerprint density at radius 1 is 1.29 bits per heavy atom. The summed E-state index contributed by atoms with van der Waals surface area (Å²) >= 11 is 7.58. The molecule has 1 saturated carbocycles. The van der Waals surface area contributed by atoms with Gasteiger partial charge in [-0.1, -0.05) is 37.9 Å². The summed E-state index contributed by atoms with van der Waals surface area (Å²) < 4.78 is 13.3. The molecule has 202 valence electrons. The summed E-state index contributed by atoms with van der Waals surface area (Å²) in [6, 6.07) is 4.57. The minimum absolute atomic E-state index is 0.0693. The number of thiophene rings is 1. The van der Waals surface area contributed by atoms with Crippen LogP contribution in [0.15, 0.2) is 36.7 Å². The average Bonchev–Trinajstić information content (AvgIpc) is 3.22. The van der Waals surface area contributed by atoms with Gasteiger partial charge in [-0.05, 0) is 68.4 Å². The van der Waals surface area contributed by atoms with Gasteiger partial charge in [-0.2, -0.15) is 0 Å². The number of likely N-dealkylation sites (tertiary alicyclic amines) is 1. The zero-order chi connectivity index (χ0) is 27.2. The number of halogens is 2. The van der Waals surface area contributed by atoms with Crippen LogP contribution < -0.4 is 5.32 Å². The molecular weight excluding hydrogens is 523 g/mol. The zero-order valence-corrected chi connectivity index (χ0v) is 23.7. The Labute approximate surface area is 232 Å². The van der Waals surface area contributed by atoms with Crippen LogP contribution in [0.1, 0.15) is 50.5 Å². The largest absolute Gasteiger partial charge is 0.340 e. The van der Waals surface area contributed by atoms with Crippen molar-refractivity contribution < 1.29 is 14.0 Å². The number of fused-ring (bicyclic) bond motifs is 2. The van der Waals surface area contributed by atoms with E-state index in [0.29, 0.717) is 29.9 Å². The molecule has 2 fully saturated rings. The maximum absolute atomic E-state index is 13.3. The van der Waals surface area contributed by atoms with Gasteiger partial charge in [-0.3, -0.25) is 14.5 Å². The number of allylic oxidation sites excluding steroid dienone is 1. The first kappa shape index (κ1) is 28.3. The number of ketones is 2. The fraction of sp³-hybridized carbons (Fsp3) is 0.448. The summed E-state index contributed by atoms with van der Waals surface area (Å²) in [4.78, 5) is 35.6. The Balaban J connectivity index is 0.000000194. The predicted octanol–water partition coefficient (Wildman–Crippen LogP) is 6.78. The van der Waals surface area contributed by atoms with Crippen LogP contribution in [0.3, 0.4) is 0 Å². The lowest BCUT2D eigenvalue weighted by Gasteiger charge is -2.43. The molecule has 3 aromatic rings. The van der Waals surface area contributed by atoms with E-state index < -0.39 is 5.82 Å². The van der Waals surface area contributed by atoms with E-state index in [2.05, 4.69) is 34.0 Å². The van der Waals surface area contributed by atoms with Crippen LogP contribution in [0.5, 0.6) is 0 Å². The van der Waals surface area contributed by atoms with Gasteiger partial charge in [0, 0.05) is 29.6 Å². The normalized spacial score (nSPS) is 19.1. The third kappa shape index (κ3) is 6.65. The van der Waals surface area contributed by atoms with Crippen molar-refractivity contribution in [2.45, 2.75) is 52.9 Å². The van der Waals surface area contributed by atoms with Crippen LogP contribution in [0.25, 0.3) is 10.2 Å². The summed E-state index contributed by atoms with van der Waals surface area (Å²) in [6.07, 6.45) is 10.3. The smallest absolute Gasteiger partial charge is 0.152 e. The van der Waals surface area contributed by atoms with E-state index in [1.54, 1.807) is 42.8 Å². The molecule has 1 aliphatic carbocycles. The number of hydrogen-bond acceptors (Lipinski definition) is 7. The van der Waals surface area contributed by atoms with Gasteiger partial charge in [0.1, 0.15) is 28.6 Å². The Morgan fingerprint density at radius 3 is 2.74 bits per heavy atom. The number of carbonyl (C=O) groups excluding carboxylic acids is 2. The summed E-state index contributed by atoms with van der Waals surface area (Å²) in [5, 5.41) is 4.41. The topological polar surface area (TPSA) is 75.2 Å². The lowest BCUT2D eigenvalue weighted by atomic mass is 9.69. The number of hydrogen-bond donors (Lipinski definition) is 1. The molecule has 1 N–H and O–H groups in total. The Hall–Kier alpha value is -2.68. The van der Waals surface area contributed by atoms with E-state index in [0.717, 1.165) is 54.8 Å². The second-order valence-corrected chi connectivity index (χ2v) is 11.4. The fourth-order valence-electron chi connectivity index (χ4n) is 5.09. The van der Waals surface area contributed by atoms with Crippen molar-refractivity contribution in [3.8, 4) is 0 Å². The molecule has 2 atom stereocenters. The average molecular weight is 557 g/mol. The van der Waals surface area contributed by atoms with Crippen molar-refractivity contribution >= 4 is 56.2 Å². The van der Waals surface area contributed by atoms with Gasteiger partial charge < -0.3 is 5.32 Å². The maximum atomic E-state index is 13.3. The van der Waals surface area contributed by atoms with Gasteiger partial charge >= 0.3 is 0 Å². The van der Waals surface area contributed by atoms with E-state index in [-0.39, 0.29) is 10.8 Å². The monoisotopic (exact) mass is 556 g/mol. The molecule has 2 aromatic heterocycles. The molecule has 1 aliphatic heterocycles. The molecule has 0 amide bonds. The third-order valence-electron chi connectivity index (χ3n) is 7.09. The zero-order valence-electron chi connectivity index (χ0n) is 22.1. The molecule has 0 spiro atoms. The standard InChI is InChI=1S/C17H17ClFN3S.C12H17NO2/c1-3-5-11-14(4-2)23-17-15(11)16(20-9-21-17)22-10-6-7-13(19)12(18)8-10;1-9(14)3-2-6-13-7-10-4-5-11(10)12(15)8-13/h6-9H,3-5H2,1-2H3,(H,20,21,22);2-3,10-11H,4-8H2,1H3/b;3-2+. The summed E-state index contributed by atoms with van der Waals surface area (Å²) in [7, 11) is 0. The van der Waals surface area contributed by atoms with Crippen molar-refractivity contribution in [2.24, 2.45) is 11.8 Å². The number of rotatable bonds is 8. The van der Waals surface area contributed by atoms with Crippen molar-refractivity contribution in [1.82, 2.24) is 14.9 Å². The highest BCUT2D eigenvalue weighted by atomic mass is 35.5. The highest BCUT2D eigenvalue weighted by Gasteiger charge is 2.41. The summed E-state index contributed by atoms with van der Waals surface area (Å²) in [5.74, 6) is 1.74. The molecule has 6 nitrogen and oxygen atoms in total. The van der Waals surface area contributed by atoms with Gasteiger partial charge in [0.05, 0.1) is 17.0 Å². The van der Waals surface area contributed by atoms with Crippen molar-refractivity contribution in [1.29, 1.82) is 0 Å². The van der Waals surface area contributed by atoms with E-state index >= 15 is 0 Å². The lowest BCUT2D eigenvalue weighted by Crippen LogP contribution is -2.51. The molecule has 0 radical (unpaired) electrons. The number of benzene rings is 1. The molecule has 9 heteroatoms. The van der Waals surface area contributed by atoms with Crippen molar-refractivity contribution in [2.75, 3.05) is 25.0 Å². The molecule has 38 heavy (non-hydrogen) atoms. The predicted molar refractivity (Wildman–Crippen MR) is 153 cm³/mol. The third-order valence-corrected chi connectivity index (χ3v) is 8.67. The van der Waals surface area contributed by atoms with Crippen LogP contribution in [0.4, 0.5) is 15.9 Å². The first-order chi connectivity index (χ1) is 18.3. The number of piperidine rings is 1. The molecule has 5 rings (SSSR count). The number of anilines is 2. The lowest BCUT2D eigenvalue weighted by molar-refractivity contribution is -0.134. The van der Waals surface area contributed by atoms with Gasteiger partial charge in [-0.25, -0.2) is 14.4 Å².